The first kappa shape index (κ1) is 21.7. The summed E-state index contributed by atoms with van der Waals surface area (Å²) in [5.41, 5.74) is 4.87. The van der Waals surface area contributed by atoms with Gasteiger partial charge in [0.05, 0.1) is 12.2 Å². The maximum Gasteiger partial charge on any atom is 0.330 e. The van der Waals surface area contributed by atoms with Gasteiger partial charge in [-0.15, -0.1) is 0 Å². The fraction of sp³-hybridized carbons (Fsp3) is 0.250. The zero-order valence-electron chi connectivity index (χ0n) is 17.4. The van der Waals surface area contributed by atoms with E-state index in [1.807, 2.05) is 57.2 Å². The van der Waals surface area contributed by atoms with Gasteiger partial charge in [-0.2, -0.15) is 5.10 Å². The molecule has 1 aromatic heterocycles. The van der Waals surface area contributed by atoms with Crippen LogP contribution in [0.15, 0.2) is 54.6 Å². The Kier molecular flexibility index (Phi) is 7.31. The molecule has 0 unspecified atom stereocenters. The van der Waals surface area contributed by atoms with Crippen molar-refractivity contribution in [1.29, 1.82) is 0 Å². The van der Waals surface area contributed by atoms with Gasteiger partial charge in [0, 0.05) is 11.6 Å². The SMILES string of the molecule is Cc1ccc(Cn2nc(C)c(/C=C/C(=O)OCCOc3cccc(C)c3)c2Cl)cc1. The normalized spacial score (nSPS) is 11.1. The van der Waals surface area contributed by atoms with Crippen molar-refractivity contribution >= 4 is 23.6 Å². The van der Waals surface area contributed by atoms with Gasteiger partial charge >= 0.3 is 5.97 Å². The lowest BCUT2D eigenvalue weighted by Crippen LogP contribution is -2.10. The van der Waals surface area contributed by atoms with E-state index in [2.05, 4.69) is 17.2 Å². The van der Waals surface area contributed by atoms with Crippen LogP contribution in [0.1, 0.15) is 27.9 Å². The first-order valence-corrected chi connectivity index (χ1v) is 10.1. The van der Waals surface area contributed by atoms with Crippen LogP contribution >= 0.6 is 11.6 Å². The number of esters is 1. The largest absolute Gasteiger partial charge is 0.490 e. The maximum absolute atomic E-state index is 12.0. The summed E-state index contributed by atoms with van der Waals surface area (Å²) in [6.07, 6.45) is 3.00. The standard InChI is InChI=1S/C24H25ClN2O3/c1-17-7-9-20(10-8-17)16-27-24(25)22(19(3)26-27)11-12-23(28)30-14-13-29-21-6-4-5-18(2)15-21/h4-12,15H,13-14,16H2,1-3H3/b12-11+. The summed E-state index contributed by atoms with van der Waals surface area (Å²) in [4.78, 5) is 12.0. The molecule has 0 N–H and O–H groups in total. The number of aryl methyl sites for hydroxylation is 3. The van der Waals surface area contributed by atoms with Crippen molar-refractivity contribution in [1.82, 2.24) is 9.78 Å². The molecule has 0 fully saturated rings. The van der Waals surface area contributed by atoms with Gasteiger partial charge in [-0.1, -0.05) is 53.6 Å². The second kappa shape index (κ2) is 10.1. The minimum atomic E-state index is -0.454. The van der Waals surface area contributed by atoms with E-state index in [1.54, 1.807) is 10.8 Å². The maximum atomic E-state index is 12.0. The van der Waals surface area contributed by atoms with Crippen molar-refractivity contribution in [3.63, 3.8) is 0 Å². The molecular formula is C24H25ClN2O3. The zero-order chi connectivity index (χ0) is 21.5. The molecule has 5 nitrogen and oxygen atoms in total. The number of benzene rings is 2. The Morgan fingerprint density at radius 1 is 1.07 bits per heavy atom. The van der Waals surface area contributed by atoms with Crippen molar-refractivity contribution in [3.8, 4) is 5.75 Å². The minimum absolute atomic E-state index is 0.163. The van der Waals surface area contributed by atoms with E-state index in [4.69, 9.17) is 21.1 Å². The molecule has 0 aliphatic heterocycles. The van der Waals surface area contributed by atoms with Crippen LogP contribution in [0.5, 0.6) is 5.75 Å². The molecule has 1 heterocycles. The average Bonchev–Trinajstić information content (AvgIpc) is 2.98. The van der Waals surface area contributed by atoms with E-state index in [0.29, 0.717) is 17.3 Å². The van der Waals surface area contributed by atoms with Crippen molar-refractivity contribution in [2.45, 2.75) is 27.3 Å². The fourth-order valence-corrected chi connectivity index (χ4v) is 3.23. The predicted octanol–water partition coefficient (Wildman–Crippen LogP) is 5.15. The van der Waals surface area contributed by atoms with Gasteiger partial charge in [0.2, 0.25) is 0 Å². The van der Waals surface area contributed by atoms with Crippen LogP contribution in [0.4, 0.5) is 0 Å². The first-order chi connectivity index (χ1) is 14.4. The molecule has 3 rings (SSSR count). The van der Waals surface area contributed by atoms with Crippen LogP contribution < -0.4 is 4.74 Å². The molecule has 0 amide bonds. The summed E-state index contributed by atoms with van der Waals surface area (Å²) in [6.45, 7) is 6.92. The van der Waals surface area contributed by atoms with Gasteiger partial charge in [-0.3, -0.25) is 0 Å². The molecule has 0 aliphatic rings. The smallest absolute Gasteiger partial charge is 0.330 e. The summed E-state index contributed by atoms with van der Waals surface area (Å²) in [6, 6.07) is 15.9. The molecule has 0 radical (unpaired) electrons. The zero-order valence-corrected chi connectivity index (χ0v) is 18.1. The Bertz CT molecular complexity index is 1040. The molecule has 0 bridgehead atoms. The number of rotatable bonds is 8. The number of hydrogen-bond donors (Lipinski definition) is 0. The third-order valence-corrected chi connectivity index (χ3v) is 4.93. The van der Waals surface area contributed by atoms with Gasteiger partial charge in [-0.05, 0) is 50.1 Å². The van der Waals surface area contributed by atoms with E-state index >= 15 is 0 Å². The van der Waals surface area contributed by atoms with Crippen LogP contribution in [0.3, 0.4) is 0 Å². The summed E-state index contributed by atoms with van der Waals surface area (Å²) >= 11 is 6.48. The monoisotopic (exact) mass is 424 g/mol. The Morgan fingerprint density at radius 3 is 2.57 bits per heavy atom. The molecule has 30 heavy (non-hydrogen) atoms. The lowest BCUT2D eigenvalue weighted by atomic mass is 10.1. The number of carbonyl (C=O) groups is 1. The third-order valence-electron chi connectivity index (χ3n) is 4.53. The van der Waals surface area contributed by atoms with Gasteiger partial charge in [0.1, 0.15) is 24.1 Å². The van der Waals surface area contributed by atoms with Gasteiger partial charge < -0.3 is 9.47 Å². The molecule has 0 saturated heterocycles. The van der Waals surface area contributed by atoms with E-state index < -0.39 is 5.97 Å². The Morgan fingerprint density at radius 2 is 1.83 bits per heavy atom. The average molecular weight is 425 g/mol. The molecule has 3 aromatic rings. The Labute approximate surface area is 181 Å². The summed E-state index contributed by atoms with van der Waals surface area (Å²) < 4.78 is 12.5. The van der Waals surface area contributed by atoms with E-state index in [0.717, 1.165) is 22.6 Å². The number of nitrogens with zero attached hydrogens (tertiary/aromatic N) is 2. The highest BCUT2D eigenvalue weighted by Crippen LogP contribution is 2.22. The highest BCUT2D eigenvalue weighted by Gasteiger charge is 2.12. The quantitative estimate of drug-likeness (QED) is 0.285. The highest BCUT2D eigenvalue weighted by atomic mass is 35.5. The van der Waals surface area contributed by atoms with Crippen molar-refractivity contribution in [2.75, 3.05) is 13.2 Å². The van der Waals surface area contributed by atoms with Crippen LogP contribution in [-0.2, 0) is 16.1 Å². The van der Waals surface area contributed by atoms with Gasteiger partial charge in [0.25, 0.3) is 0 Å². The molecule has 0 spiro atoms. The molecule has 0 saturated carbocycles. The number of carbonyl (C=O) groups excluding carboxylic acids is 1. The van der Waals surface area contributed by atoms with Crippen LogP contribution in [0.2, 0.25) is 5.15 Å². The van der Waals surface area contributed by atoms with E-state index in [1.165, 1.54) is 11.6 Å². The number of hydrogen-bond acceptors (Lipinski definition) is 4. The molecule has 2 aromatic carbocycles. The van der Waals surface area contributed by atoms with Crippen molar-refractivity contribution in [2.24, 2.45) is 0 Å². The summed E-state index contributed by atoms with van der Waals surface area (Å²) in [7, 11) is 0. The lowest BCUT2D eigenvalue weighted by molar-refractivity contribution is -0.138. The minimum Gasteiger partial charge on any atom is -0.490 e. The van der Waals surface area contributed by atoms with E-state index in [9.17, 15) is 4.79 Å². The van der Waals surface area contributed by atoms with Crippen LogP contribution in [0, 0.1) is 20.8 Å². The van der Waals surface area contributed by atoms with Gasteiger partial charge in [0.15, 0.2) is 0 Å². The first-order valence-electron chi connectivity index (χ1n) is 9.75. The highest BCUT2D eigenvalue weighted by molar-refractivity contribution is 6.31. The number of aromatic nitrogens is 2. The summed E-state index contributed by atoms with van der Waals surface area (Å²) in [5.74, 6) is 0.301. The van der Waals surface area contributed by atoms with E-state index in [-0.39, 0.29) is 13.2 Å². The molecule has 0 aliphatic carbocycles. The number of ether oxygens (including phenoxy) is 2. The third kappa shape index (κ3) is 5.97. The summed E-state index contributed by atoms with van der Waals surface area (Å²) in [5, 5.41) is 4.97. The molecule has 0 atom stereocenters. The van der Waals surface area contributed by atoms with Crippen LogP contribution in [-0.4, -0.2) is 29.0 Å². The Hall–Kier alpha value is -3.05. The lowest BCUT2D eigenvalue weighted by Gasteiger charge is -2.06. The molecule has 156 valence electrons. The fourth-order valence-electron chi connectivity index (χ4n) is 2.93. The number of halogens is 1. The Balaban J connectivity index is 1.52. The van der Waals surface area contributed by atoms with Crippen molar-refractivity contribution < 1.29 is 14.3 Å². The molecular weight excluding hydrogens is 400 g/mol. The van der Waals surface area contributed by atoms with Gasteiger partial charge in [-0.25, -0.2) is 9.48 Å². The second-order valence-electron chi connectivity index (χ2n) is 7.10. The van der Waals surface area contributed by atoms with Crippen molar-refractivity contribution in [3.05, 3.63) is 87.7 Å². The predicted molar refractivity (Wildman–Crippen MR) is 119 cm³/mol. The molecule has 6 heteroatoms. The second-order valence-corrected chi connectivity index (χ2v) is 7.46. The van der Waals surface area contributed by atoms with Crippen LogP contribution in [0.25, 0.3) is 6.08 Å². The topological polar surface area (TPSA) is 53.4 Å².